The van der Waals surface area contributed by atoms with Gasteiger partial charge in [-0.2, -0.15) is 4.39 Å². The minimum Gasteiger partial charge on any atom is -0.325 e. The van der Waals surface area contributed by atoms with Gasteiger partial charge in [0.05, 0.1) is 16.4 Å². The van der Waals surface area contributed by atoms with E-state index in [-0.39, 0.29) is 17.3 Å². The number of nitrogens with one attached hydrogen (secondary N) is 1. The first-order valence-electron chi connectivity index (χ1n) is 8.33. The lowest BCUT2D eigenvalue weighted by Crippen LogP contribution is -2.15. The molecular weight excluding hydrogens is 383 g/mol. The summed E-state index contributed by atoms with van der Waals surface area (Å²) in [7, 11) is 0. The van der Waals surface area contributed by atoms with Gasteiger partial charge in [0.15, 0.2) is 5.16 Å². The van der Waals surface area contributed by atoms with Gasteiger partial charge in [-0.15, -0.1) is 0 Å². The van der Waals surface area contributed by atoms with Gasteiger partial charge in [-0.05, 0) is 43.2 Å². The van der Waals surface area contributed by atoms with Gasteiger partial charge in [-0.25, -0.2) is 4.98 Å². The standard InChI is InChI=1S/C19H17FN4O3S/c1-12-4-3-5-16(13(12)2)23-9-8-21-19(23)28-11-18(25)22-14-6-7-15(20)17(10-14)24(26)27/h3-10H,11H2,1-2H3,(H,22,25). The average molecular weight is 400 g/mol. The van der Waals surface area contributed by atoms with Crippen molar-refractivity contribution in [3.63, 3.8) is 0 Å². The van der Waals surface area contributed by atoms with Gasteiger partial charge in [0.2, 0.25) is 11.7 Å². The topological polar surface area (TPSA) is 90.1 Å². The lowest BCUT2D eigenvalue weighted by molar-refractivity contribution is -0.387. The summed E-state index contributed by atoms with van der Waals surface area (Å²) in [6, 6.07) is 9.19. The number of anilines is 1. The van der Waals surface area contributed by atoms with Crippen LogP contribution in [0, 0.1) is 29.8 Å². The molecule has 1 amide bonds. The zero-order valence-corrected chi connectivity index (χ0v) is 16.0. The van der Waals surface area contributed by atoms with Gasteiger partial charge < -0.3 is 5.32 Å². The molecule has 3 rings (SSSR count). The Hall–Kier alpha value is -3.20. The number of imidazole rings is 1. The van der Waals surface area contributed by atoms with E-state index in [4.69, 9.17) is 0 Å². The summed E-state index contributed by atoms with van der Waals surface area (Å²) in [6.45, 7) is 4.05. The normalized spacial score (nSPS) is 10.7. The van der Waals surface area contributed by atoms with Crippen molar-refractivity contribution in [3.05, 3.63) is 75.9 Å². The third-order valence-electron chi connectivity index (χ3n) is 4.20. The molecular formula is C19H17FN4O3S. The molecule has 0 saturated carbocycles. The predicted octanol–water partition coefficient (Wildman–Crippen LogP) is 4.27. The summed E-state index contributed by atoms with van der Waals surface area (Å²) in [4.78, 5) is 26.5. The van der Waals surface area contributed by atoms with E-state index in [9.17, 15) is 19.3 Å². The second-order valence-electron chi connectivity index (χ2n) is 6.06. The molecule has 1 heterocycles. The van der Waals surface area contributed by atoms with E-state index in [0.717, 1.165) is 28.9 Å². The number of carbonyl (C=O) groups is 1. The first kappa shape index (κ1) is 19.6. The average Bonchev–Trinajstić information content (AvgIpc) is 3.12. The van der Waals surface area contributed by atoms with Crippen LogP contribution >= 0.6 is 11.8 Å². The maximum absolute atomic E-state index is 13.4. The molecule has 144 valence electrons. The van der Waals surface area contributed by atoms with E-state index in [0.29, 0.717) is 5.16 Å². The van der Waals surface area contributed by atoms with E-state index in [1.54, 1.807) is 6.20 Å². The minimum atomic E-state index is -0.951. The molecule has 0 spiro atoms. The van der Waals surface area contributed by atoms with Gasteiger partial charge in [0.1, 0.15) is 0 Å². The number of thioether (sulfide) groups is 1. The number of hydrogen-bond donors (Lipinski definition) is 1. The molecule has 2 aromatic carbocycles. The summed E-state index contributed by atoms with van der Waals surface area (Å²) >= 11 is 1.24. The molecule has 1 aromatic heterocycles. The van der Waals surface area contributed by atoms with Crippen LogP contribution in [0.4, 0.5) is 15.8 Å². The fourth-order valence-electron chi connectivity index (χ4n) is 2.63. The lowest BCUT2D eigenvalue weighted by Gasteiger charge is -2.12. The Kier molecular flexibility index (Phi) is 5.74. The molecule has 28 heavy (non-hydrogen) atoms. The van der Waals surface area contributed by atoms with Crippen LogP contribution in [0.15, 0.2) is 53.9 Å². The van der Waals surface area contributed by atoms with Crippen molar-refractivity contribution >= 4 is 29.0 Å². The van der Waals surface area contributed by atoms with E-state index in [1.807, 2.05) is 42.8 Å². The van der Waals surface area contributed by atoms with Crippen LogP contribution in [0.2, 0.25) is 0 Å². The summed E-state index contributed by atoms with van der Waals surface area (Å²) in [5.74, 6) is -1.28. The number of nitro benzene ring substituents is 1. The number of nitro groups is 1. The number of halogens is 1. The van der Waals surface area contributed by atoms with Gasteiger partial charge >= 0.3 is 5.69 Å². The van der Waals surface area contributed by atoms with E-state index in [2.05, 4.69) is 10.3 Å². The molecule has 0 radical (unpaired) electrons. The third-order valence-corrected chi connectivity index (χ3v) is 5.17. The summed E-state index contributed by atoms with van der Waals surface area (Å²) in [6.07, 6.45) is 3.48. The quantitative estimate of drug-likeness (QED) is 0.379. The minimum absolute atomic E-state index is 0.0487. The number of rotatable bonds is 6. The largest absolute Gasteiger partial charge is 0.325 e. The maximum Gasteiger partial charge on any atom is 0.306 e. The highest BCUT2D eigenvalue weighted by atomic mass is 32.2. The van der Waals surface area contributed by atoms with E-state index in [1.165, 1.54) is 17.8 Å². The van der Waals surface area contributed by atoms with Crippen molar-refractivity contribution < 1.29 is 14.1 Å². The number of carbonyl (C=O) groups excluding carboxylic acids is 1. The smallest absolute Gasteiger partial charge is 0.306 e. The molecule has 0 atom stereocenters. The zero-order valence-electron chi connectivity index (χ0n) is 15.2. The molecule has 3 aromatic rings. The van der Waals surface area contributed by atoms with Gasteiger partial charge in [0, 0.05) is 24.1 Å². The molecule has 0 saturated heterocycles. The second-order valence-corrected chi connectivity index (χ2v) is 7.00. The monoisotopic (exact) mass is 400 g/mol. The Bertz CT molecular complexity index is 1050. The first-order chi connectivity index (χ1) is 13.4. The Morgan fingerprint density at radius 3 is 2.86 bits per heavy atom. The van der Waals surface area contributed by atoms with Crippen LogP contribution in [0.5, 0.6) is 0 Å². The number of aromatic nitrogens is 2. The number of amides is 1. The first-order valence-corrected chi connectivity index (χ1v) is 9.32. The Morgan fingerprint density at radius 2 is 2.11 bits per heavy atom. The van der Waals surface area contributed by atoms with Crippen molar-refractivity contribution in [2.75, 3.05) is 11.1 Å². The summed E-state index contributed by atoms with van der Waals surface area (Å²) < 4.78 is 15.3. The van der Waals surface area contributed by atoms with Crippen LogP contribution in [0.25, 0.3) is 5.69 Å². The number of nitrogens with zero attached hydrogens (tertiary/aromatic N) is 3. The highest BCUT2D eigenvalue weighted by molar-refractivity contribution is 7.99. The highest BCUT2D eigenvalue weighted by Crippen LogP contribution is 2.25. The number of hydrogen-bond acceptors (Lipinski definition) is 5. The number of aryl methyl sites for hydroxylation is 1. The Balaban J connectivity index is 1.70. The van der Waals surface area contributed by atoms with Gasteiger partial charge in [0.25, 0.3) is 0 Å². The van der Waals surface area contributed by atoms with Crippen LogP contribution < -0.4 is 5.32 Å². The molecule has 0 aliphatic rings. The summed E-state index contributed by atoms with van der Waals surface area (Å²) in [5, 5.41) is 14.0. The van der Waals surface area contributed by atoms with E-state index < -0.39 is 16.4 Å². The van der Waals surface area contributed by atoms with Gasteiger partial charge in [-0.1, -0.05) is 23.9 Å². The summed E-state index contributed by atoms with van der Waals surface area (Å²) in [5.41, 5.74) is 2.73. The van der Waals surface area contributed by atoms with E-state index >= 15 is 0 Å². The van der Waals surface area contributed by atoms with Gasteiger partial charge in [-0.3, -0.25) is 19.5 Å². The molecule has 0 fully saturated rings. The second kappa shape index (κ2) is 8.22. The van der Waals surface area contributed by atoms with Crippen molar-refractivity contribution in [1.82, 2.24) is 9.55 Å². The third kappa shape index (κ3) is 4.20. The lowest BCUT2D eigenvalue weighted by atomic mass is 10.1. The Morgan fingerprint density at radius 1 is 1.32 bits per heavy atom. The number of benzene rings is 2. The molecule has 0 aliphatic heterocycles. The predicted molar refractivity (Wildman–Crippen MR) is 105 cm³/mol. The fraction of sp³-hybridized carbons (Fsp3) is 0.158. The van der Waals surface area contributed by atoms with Crippen molar-refractivity contribution in [2.24, 2.45) is 0 Å². The SMILES string of the molecule is Cc1cccc(-n2ccnc2SCC(=O)Nc2ccc(F)c([N+](=O)[O-])c2)c1C. The van der Waals surface area contributed by atoms with Crippen LogP contribution in [0.3, 0.4) is 0 Å². The van der Waals surface area contributed by atoms with Crippen LogP contribution in [-0.4, -0.2) is 26.1 Å². The fourth-order valence-corrected chi connectivity index (χ4v) is 3.40. The molecule has 0 aliphatic carbocycles. The molecule has 9 heteroatoms. The zero-order chi connectivity index (χ0) is 20.3. The van der Waals surface area contributed by atoms with Crippen molar-refractivity contribution in [2.45, 2.75) is 19.0 Å². The van der Waals surface area contributed by atoms with Crippen LogP contribution in [0.1, 0.15) is 11.1 Å². The molecule has 0 bridgehead atoms. The Labute approximate surface area is 164 Å². The van der Waals surface area contributed by atoms with Crippen LogP contribution in [-0.2, 0) is 4.79 Å². The molecule has 7 nitrogen and oxygen atoms in total. The molecule has 1 N–H and O–H groups in total. The highest BCUT2D eigenvalue weighted by Gasteiger charge is 2.16. The maximum atomic E-state index is 13.4. The van der Waals surface area contributed by atoms with Crippen molar-refractivity contribution in [1.29, 1.82) is 0 Å². The molecule has 0 unspecified atom stereocenters. The van der Waals surface area contributed by atoms with Crippen molar-refractivity contribution in [3.8, 4) is 5.69 Å².